The van der Waals surface area contributed by atoms with Crippen LogP contribution in [0.1, 0.15) is 11.1 Å². The van der Waals surface area contributed by atoms with Gasteiger partial charge in [0.1, 0.15) is 11.6 Å². The standard InChI is InChI=1S/C17H10BrClFNO3S/c18-11-5-10(15(22)13(19)7-11)6-14-16(23)21(17(24)25-14)8-9-1-3-12(20)4-2-9/h1-7,22H,8H2. The number of phenols is 1. The van der Waals surface area contributed by atoms with Crippen molar-refractivity contribution in [3.63, 3.8) is 0 Å². The molecule has 0 unspecified atom stereocenters. The average molecular weight is 443 g/mol. The fourth-order valence-electron chi connectivity index (χ4n) is 2.25. The van der Waals surface area contributed by atoms with Crippen LogP contribution in [-0.4, -0.2) is 21.2 Å². The van der Waals surface area contributed by atoms with Gasteiger partial charge in [0.2, 0.25) is 0 Å². The molecule has 0 bridgehead atoms. The second-order valence-corrected chi connectivity index (χ2v) is 7.54. The minimum Gasteiger partial charge on any atom is -0.506 e. The number of phenolic OH excluding ortho intramolecular Hbond substituents is 1. The van der Waals surface area contributed by atoms with E-state index in [2.05, 4.69) is 15.9 Å². The quantitative estimate of drug-likeness (QED) is 0.665. The fraction of sp³-hybridized carbons (Fsp3) is 0.0588. The summed E-state index contributed by atoms with van der Waals surface area (Å²) in [6.07, 6.45) is 1.42. The molecule has 1 aliphatic heterocycles. The summed E-state index contributed by atoms with van der Waals surface area (Å²) in [4.78, 5) is 25.9. The zero-order valence-electron chi connectivity index (χ0n) is 12.5. The molecule has 3 rings (SSSR count). The van der Waals surface area contributed by atoms with E-state index in [0.717, 1.165) is 16.7 Å². The first-order valence-electron chi connectivity index (χ1n) is 7.03. The molecule has 2 aromatic rings. The molecule has 0 aliphatic carbocycles. The van der Waals surface area contributed by atoms with Gasteiger partial charge >= 0.3 is 0 Å². The van der Waals surface area contributed by atoms with Crippen LogP contribution < -0.4 is 0 Å². The number of hydrogen-bond donors (Lipinski definition) is 1. The highest BCUT2D eigenvalue weighted by Crippen LogP contribution is 2.37. The molecule has 128 valence electrons. The van der Waals surface area contributed by atoms with Crippen molar-refractivity contribution < 1.29 is 19.1 Å². The van der Waals surface area contributed by atoms with Gasteiger partial charge in [-0.15, -0.1) is 0 Å². The highest BCUT2D eigenvalue weighted by atomic mass is 79.9. The second-order valence-electron chi connectivity index (χ2n) is 5.22. The summed E-state index contributed by atoms with van der Waals surface area (Å²) in [6.45, 7) is 0.0491. The number of hydrogen-bond acceptors (Lipinski definition) is 4. The number of thioether (sulfide) groups is 1. The Morgan fingerprint density at radius 2 is 1.92 bits per heavy atom. The van der Waals surface area contributed by atoms with Gasteiger partial charge in [-0.3, -0.25) is 14.5 Å². The Balaban J connectivity index is 1.87. The van der Waals surface area contributed by atoms with E-state index >= 15 is 0 Å². The van der Waals surface area contributed by atoms with Crippen LogP contribution in [0, 0.1) is 5.82 Å². The van der Waals surface area contributed by atoms with Crippen LogP contribution in [0.3, 0.4) is 0 Å². The lowest BCUT2D eigenvalue weighted by atomic mass is 10.1. The molecule has 0 saturated carbocycles. The van der Waals surface area contributed by atoms with E-state index in [4.69, 9.17) is 11.6 Å². The van der Waals surface area contributed by atoms with Crippen LogP contribution in [0.15, 0.2) is 45.8 Å². The minimum absolute atomic E-state index is 0.0491. The predicted molar refractivity (Wildman–Crippen MR) is 98.7 cm³/mol. The first kappa shape index (κ1) is 18.0. The molecule has 1 heterocycles. The topological polar surface area (TPSA) is 57.6 Å². The molecule has 2 amide bonds. The lowest BCUT2D eigenvalue weighted by molar-refractivity contribution is -0.123. The second kappa shape index (κ2) is 7.19. The first-order valence-corrected chi connectivity index (χ1v) is 9.01. The van der Waals surface area contributed by atoms with E-state index in [1.165, 1.54) is 36.4 Å². The number of halogens is 3. The van der Waals surface area contributed by atoms with Crippen LogP contribution in [0.2, 0.25) is 5.02 Å². The fourth-order valence-corrected chi connectivity index (χ4v) is 3.91. The van der Waals surface area contributed by atoms with Gasteiger partial charge in [-0.1, -0.05) is 39.7 Å². The van der Waals surface area contributed by atoms with Crippen LogP contribution in [0.25, 0.3) is 6.08 Å². The minimum atomic E-state index is -0.477. The number of amides is 2. The lowest BCUT2D eigenvalue weighted by Crippen LogP contribution is -2.27. The Labute approximate surface area is 160 Å². The third-order valence-corrected chi connectivity index (χ3v) is 5.13. The Morgan fingerprint density at radius 1 is 1.24 bits per heavy atom. The van der Waals surface area contributed by atoms with Crippen molar-refractivity contribution in [3.8, 4) is 5.75 Å². The third-order valence-electron chi connectivity index (χ3n) is 3.47. The van der Waals surface area contributed by atoms with Crippen LogP contribution >= 0.6 is 39.3 Å². The molecular formula is C17H10BrClFNO3S. The predicted octanol–water partition coefficient (Wildman–Crippen LogP) is 5.18. The summed E-state index contributed by atoms with van der Waals surface area (Å²) in [5.74, 6) is -1.04. The summed E-state index contributed by atoms with van der Waals surface area (Å²) in [5.41, 5.74) is 0.963. The van der Waals surface area contributed by atoms with Gasteiger partial charge in [0.25, 0.3) is 11.1 Å². The molecule has 0 aromatic heterocycles. The van der Waals surface area contributed by atoms with E-state index in [1.54, 1.807) is 6.07 Å². The van der Waals surface area contributed by atoms with Gasteiger partial charge in [-0.2, -0.15) is 0 Å². The van der Waals surface area contributed by atoms with Crippen molar-refractivity contribution >= 4 is 56.5 Å². The van der Waals surface area contributed by atoms with Crippen LogP contribution in [-0.2, 0) is 11.3 Å². The first-order chi connectivity index (χ1) is 11.8. The van der Waals surface area contributed by atoms with Crippen LogP contribution in [0.5, 0.6) is 5.75 Å². The molecule has 0 spiro atoms. The number of imide groups is 1. The number of benzene rings is 2. The van der Waals surface area contributed by atoms with Crippen molar-refractivity contribution in [1.82, 2.24) is 4.90 Å². The Kier molecular flexibility index (Phi) is 5.17. The van der Waals surface area contributed by atoms with Crippen LogP contribution in [0.4, 0.5) is 9.18 Å². The average Bonchev–Trinajstić information content (AvgIpc) is 2.81. The summed E-state index contributed by atoms with van der Waals surface area (Å²) in [6, 6.07) is 8.69. The van der Waals surface area contributed by atoms with Gasteiger partial charge in [0.05, 0.1) is 16.5 Å². The highest BCUT2D eigenvalue weighted by Gasteiger charge is 2.35. The summed E-state index contributed by atoms with van der Waals surface area (Å²) >= 11 is 9.94. The van der Waals surface area contributed by atoms with Crippen molar-refractivity contribution in [2.75, 3.05) is 0 Å². The maximum Gasteiger partial charge on any atom is 0.293 e. The summed E-state index contributed by atoms with van der Waals surface area (Å²) in [7, 11) is 0. The zero-order chi connectivity index (χ0) is 18.1. The maximum atomic E-state index is 13.0. The molecule has 1 N–H and O–H groups in total. The van der Waals surface area contributed by atoms with Crippen molar-refractivity contribution in [2.24, 2.45) is 0 Å². The molecule has 4 nitrogen and oxygen atoms in total. The number of carbonyl (C=O) groups excluding carboxylic acids is 2. The smallest absolute Gasteiger partial charge is 0.293 e. The number of nitrogens with zero attached hydrogens (tertiary/aromatic N) is 1. The lowest BCUT2D eigenvalue weighted by Gasteiger charge is -2.12. The van der Waals surface area contributed by atoms with Gasteiger partial charge in [0, 0.05) is 10.0 Å². The molecule has 25 heavy (non-hydrogen) atoms. The Morgan fingerprint density at radius 3 is 2.60 bits per heavy atom. The van der Waals surface area contributed by atoms with E-state index in [-0.39, 0.29) is 28.0 Å². The third kappa shape index (κ3) is 3.89. The Hall–Kier alpha value is -1.83. The summed E-state index contributed by atoms with van der Waals surface area (Å²) < 4.78 is 13.6. The largest absolute Gasteiger partial charge is 0.506 e. The SMILES string of the molecule is O=C1SC(=Cc2cc(Br)cc(Cl)c2O)C(=O)N1Cc1ccc(F)cc1. The molecule has 1 saturated heterocycles. The molecule has 1 aliphatic rings. The normalized spacial score (nSPS) is 16.1. The Bertz CT molecular complexity index is 902. The van der Waals surface area contributed by atoms with E-state index in [1.807, 2.05) is 0 Å². The van der Waals surface area contributed by atoms with Crippen molar-refractivity contribution in [3.05, 3.63) is 67.7 Å². The highest BCUT2D eigenvalue weighted by molar-refractivity contribution is 9.10. The summed E-state index contributed by atoms with van der Waals surface area (Å²) in [5, 5.41) is 9.71. The van der Waals surface area contributed by atoms with Gasteiger partial charge in [-0.25, -0.2) is 4.39 Å². The molecule has 0 radical (unpaired) electrons. The van der Waals surface area contributed by atoms with E-state index < -0.39 is 11.1 Å². The monoisotopic (exact) mass is 441 g/mol. The van der Waals surface area contributed by atoms with Gasteiger partial charge in [-0.05, 0) is 47.7 Å². The maximum absolute atomic E-state index is 13.0. The molecule has 8 heteroatoms. The zero-order valence-corrected chi connectivity index (χ0v) is 15.7. The van der Waals surface area contributed by atoms with Crippen molar-refractivity contribution in [2.45, 2.75) is 6.54 Å². The van der Waals surface area contributed by atoms with Gasteiger partial charge in [0.15, 0.2) is 0 Å². The van der Waals surface area contributed by atoms with Gasteiger partial charge < -0.3 is 5.11 Å². The number of carbonyl (C=O) groups is 2. The van der Waals surface area contributed by atoms with E-state index in [9.17, 15) is 19.1 Å². The molecule has 2 aromatic carbocycles. The molecule has 0 atom stereocenters. The number of aromatic hydroxyl groups is 1. The molecular weight excluding hydrogens is 433 g/mol. The van der Waals surface area contributed by atoms with E-state index in [0.29, 0.717) is 15.6 Å². The number of rotatable bonds is 3. The molecule has 1 fully saturated rings. The van der Waals surface area contributed by atoms with Crippen molar-refractivity contribution in [1.29, 1.82) is 0 Å².